The highest BCUT2D eigenvalue weighted by Crippen LogP contribution is 2.50. The maximum Gasteiger partial charge on any atom is 0.234 e. The van der Waals surface area contributed by atoms with Crippen LogP contribution in [0.5, 0.6) is 0 Å². The SMILES string of the molecule is Cc1cncc(CN2C[C@H]3CCC[C@@]3(c3nc(CC4CC4)no3)C2)c1. The van der Waals surface area contributed by atoms with Gasteiger partial charge < -0.3 is 4.52 Å². The van der Waals surface area contributed by atoms with Crippen molar-refractivity contribution in [3.05, 3.63) is 41.3 Å². The average molecular weight is 338 g/mol. The number of likely N-dealkylation sites (tertiary alicyclic amines) is 1. The largest absolute Gasteiger partial charge is 0.339 e. The summed E-state index contributed by atoms with van der Waals surface area (Å²) in [6.07, 6.45) is 11.3. The van der Waals surface area contributed by atoms with Crippen molar-refractivity contribution in [1.29, 1.82) is 0 Å². The van der Waals surface area contributed by atoms with Gasteiger partial charge in [-0.05, 0) is 55.6 Å². The van der Waals surface area contributed by atoms with Crippen LogP contribution in [0, 0.1) is 18.8 Å². The van der Waals surface area contributed by atoms with Gasteiger partial charge in [0.05, 0.1) is 5.41 Å². The van der Waals surface area contributed by atoms with Crippen LogP contribution in [0.3, 0.4) is 0 Å². The van der Waals surface area contributed by atoms with Crippen LogP contribution in [0.25, 0.3) is 0 Å². The molecule has 0 amide bonds. The fourth-order valence-electron chi connectivity index (χ4n) is 4.94. The van der Waals surface area contributed by atoms with Gasteiger partial charge in [0.1, 0.15) is 0 Å². The van der Waals surface area contributed by atoms with Crippen molar-refractivity contribution in [1.82, 2.24) is 20.0 Å². The molecule has 3 aliphatic rings. The number of pyridine rings is 1. The Balaban J connectivity index is 1.35. The quantitative estimate of drug-likeness (QED) is 0.837. The normalized spacial score (nSPS) is 29.2. The second-order valence-corrected chi connectivity index (χ2v) is 8.45. The Kier molecular flexibility index (Phi) is 3.66. The van der Waals surface area contributed by atoms with Gasteiger partial charge >= 0.3 is 0 Å². The molecule has 2 atom stereocenters. The molecule has 1 aliphatic heterocycles. The first-order valence-electron chi connectivity index (χ1n) is 9.67. The Morgan fingerprint density at radius 3 is 3.04 bits per heavy atom. The molecule has 2 aromatic heterocycles. The minimum atomic E-state index is 0.0893. The molecule has 3 heterocycles. The molecule has 2 aliphatic carbocycles. The van der Waals surface area contributed by atoms with Crippen molar-refractivity contribution in [2.75, 3.05) is 13.1 Å². The summed E-state index contributed by atoms with van der Waals surface area (Å²) in [5.74, 6) is 3.30. The molecule has 5 rings (SSSR count). The van der Waals surface area contributed by atoms with Crippen LogP contribution in [0.2, 0.25) is 0 Å². The molecule has 0 radical (unpaired) electrons. The van der Waals surface area contributed by atoms with Gasteiger partial charge in [-0.25, -0.2) is 0 Å². The minimum Gasteiger partial charge on any atom is -0.339 e. The van der Waals surface area contributed by atoms with Crippen LogP contribution >= 0.6 is 0 Å². The van der Waals surface area contributed by atoms with E-state index in [1.807, 2.05) is 12.4 Å². The lowest BCUT2D eigenvalue weighted by molar-refractivity contribution is 0.244. The third-order valence-electron chi connectivity index (χ3n) is 6.34. The summed E-state index contributed by atoms with van der Waals surface area (Å²) in [6.45, 7) is 5.25. The predicted octanol–water partition coefficient (Wildman–Crippen LogP) is 3.28. The summed E-state index contributed by atoms with van der Waals surface area (Å²) in [4.78, 5) is 11.7. The maximum absolute atomic E-state index is 5.80. The van der Waals surface area contributed by atoms with Crippen LogP contribution in [0.15, 0.2) is 23.0 Å². The van der Waals surface area contributed by atoms with Gasteiger partial charge in [-0.1, -0.05) is 17.6 Å². The highest BCUT2D eigenvalue weighted by Gasteiger charge is 2.54. The maximum atomic E-state index is 5.80. The number of fused-ring (bicyclic) bond motifs is 1. The number of rotatable bonds is 5. The second-order valence-electron chi connectivity index (χ2n) is 8.45. The summed E-state index contributed by atoms with van der Waals surface area (Å²) < 4.78 is 5.80. The zero-order chi connectivity index (χ0) is 16.9. The molecule has 0 bridgehead atoms. The van der Waals surface area contributed by atoms with E-state index < -0.39 is 0 Å². The highest BCUT2D eigenvalue weighted by atomic mass is 16.5. The van der Waals surface area contributed by atoms with Gasteiger partial charge in [-0.15, -0.1) is 0 Å². The molecular weight excluding hydrogens is 312 g/mol. The molecule has 132 valence electrons. The number of aryl methyl sites for hydroxylation is 1. The van der Waals surface area contributed by atoms with Crippen molar-refractivity contribution in [2.24, 2.45) is 11.8 Å². The minimum absolute atomic E-state index is 0.0893. The van der Waals surface area contributed by atoms with Crippen molar-refractivity contribution in [3.8, 4) is 0 Å². The first-order valence-corrected chi connectivity index (χ1v) is 9.67. The van der Waals surface area contributed by atoms with Crippen molar-refractivity contribution >= 4 is 0 Å². The van der Waals surface area contributed by atoms with E-state index in [2.05, 4.69) is 28.0 Å². The van der Waals surface area contributed by atoms with Gasteiger partial charge in [-0.3, -0.25) is 9.88 Å². The molecule has 0 spiro atoms. The fourth-order valence-corrected chi connectivity index (χ4v) is 4.94. The summed E-state index contributed by atoms with van der Waals surface area (Å²) in [6, 6.07) is 2.24. The predicted molar refractivity (Wildman–Crippen MR) is 94.0 cm³/mol. The molecular formula is C20H26N4O. The number of nitrogens with zero attached hydrogens (tertiary/aromatic N) is 4. The lowest BCUT2D eigenvalue weighted by atomic mass is 9.80. The molecule has 25 heavy (non-hydrogen) atoms. The average Bonchev–Trinajstić information content (AvgIpc) is 2.97. The number of aromatic nitrogens is 3. The van der Waals surface area contributed by atoms with E-state index in [9.17, 15) is 0 Å². The third-order valence-corrected chi connectivity index (χ3v) is 6.34. The zero-order valence-electron chi connectivity index (χ0n) is 14.9. The lowest BCUT2D eigenvalue weighted by Crippen LogP contribution is -2.32. The first-order chi connectivity index (χ1) is 12.2. The third kappa shape index (κ3) is 2.88. The Hall–Kier alpha value is -1.75. The van der Waals surface area contributed by atoms with E-state index in [4.69, 9.17) is 9.51 Å². The van der Waals surface area contributed by atoms with E-state index in [1.165, 1.54) is 43.2 Å². The van der Waals surface area contributed by atoms with Crippen LogP contribution in [0.4, 0.5) is 0 Å². The molecule has 5 heteroatoms. The number of hydrogen-bond acceptors (Lipinski definition) is 5. The molecule has 2 aromatic rings. The molecule has 0 aromatic carbocycles. The monoisotopic (exact) mass is 338 g/mol. The Morgan fingerprint density at radius 1 is 1.28 bits per heavy atom. The van der Waals surface area contributed by atoms with Gasteiger partial charge in [0.15, 0.2) is 5.82 Å². The summed E-state index contributed by atoms with van der Waals surface area (Å²) in [5.41, 5.74) is 2.62. The summed E-state index contributed by atoms with van der Waals surface area (Å²) >= 11 is 0. The second kappa shape index (κ2) is 5.90. The van der Waals surface area contributed by atoms with Crippen LogP contribution in [0.1, 0.15) is 54.9 Å². The van der Waals surface area contributed by atoms with Crippen LogP contribution in [-0.2, 0) is 18.4 Å². The van der Waals surface area contributed by atoms with Crippen molar-refractivity contribution < 1.29 is 4.52 Å². The Labute approximate surface area is 148 Å². The topological polar surface area (TPSA) is 55.1 Å². The van der Waals surface area contributed by atoms with E-state index in [1.54, 1.807) is 0 Å². The van der Waals surface area contributed by atoms with E-state index in [0.29, 0.717) is 5.92 Å². The smallest absolute Gasteiger partial charge is 0.234 e. The summed E-state index contributed by atoms with van der Waals surface area (Å²) in [7, 11) is 0. The van der Waals surface area contributed by atoms with Crippen molar-refractivity contribution in [3.63, 3.8) is 0 Å². The van der Waals surface area contributed by atoms with E-state index in [0.717, 1.165) is 43.7 Å². The van der Waals surface area contributed by atoms with Gasteiger partial charge in [0.2, 0.25) is 5.89 Å². The standard InChI is InChI=1S/C20H26N4O/c1-14-7-16(10-21-9-14)11-24-12-17-3-2-6-20(17,13-24)19-22-18(23-25-19)8-15-4-5-15/h7,9-10,15,17H,2-6,8,11-13H2,1H3/t17-,20-/m1/s1. The highest BCUT2D eigenvalue weighted by molar-refractivity contribution is 5.20. The molecule has 2 saturated carbocycles. The molecule has 5 nitrogen and oxygen atoms in total. The van der Waals surface area contributed by atoms with Crippen molar-refractivity contribution in [2.45, 2.75) is 57.4 Å². The molecule has 3 fully saturated rings. The van der Waals surface area contributed by atoms with E-state index in [-0.39, 0.29) is 5.41 Å². The van der Waals surface area contributed by atoms with E-state index >= 15 is 0 Å². The molecule has 0 unspecified atom stereocenters. The summed E-state index contributed by atoms with van der Waals surface area (Å²) in [5, 5.41) is 4.30. The lowest BCUT2D eigenvalue weighted by Gasteiger charge is -2.24. The Morgan fingerprint density at radius 2 is 2.20 bits per heavy atom. The van der Waals surface area contributed by atoms with Gasteiger partial charge in [0.25, 0.3) is 0 Å². The van der Waals surface area contributed by atoms with Crippen LogP contribution < -0.4 is 0 Å². The molecule has 0 N–H and O–H groups in total. The van der Waals surface area contributed by atoms with Crippen LogP contribution in [-0.4, -0.2) is 33.1 Å². The Bertz CT molecular complexity index is 769. The number of hydrogen-bond donors (Lipinski definition) is 0. The fraction of sp³-hybridized carbons (Fsp3) is 0.650. The molecule has 1 saturated heterocycles. The van der Waals surface area contributed by atoms with Gasteiger partial charge in [0, 0.05) is 38.4 Å². The van der Waals surface area contributed by atoms with Gasteiger partial charge in [-0.2, -0.15) is 4.98 Å². The first kappa shape index (κ1) is 15.5. The zero-order valence-corrected chi connectivity index (χ0v) is 14.9.